The molecule has 3 heteroatoms. The number of hydrogen-bond acceptors (Lipinski definition) is 1. The number of nitrogens with one attached hydrogen (secondary N) is 1. The standard InChI is InChI=1S/C25H23INP/c26-28(23-15-7-2-8-16-23,24-17-9-3-10-18-24,25-19-11-4-12-20-25)27-21-22-13-5-1-6-14-22/h1-20,27H,21H2. The van der Waals surface area contributed by atoms with Crippen molar-refractivity contribution in [2.75, 3.05) is 0 Å². The zero-order valence-electron chi connectivity index (χ0n) is 15.6. The quantitative estimate of drug-likeness (QED) is 0.273. The Bertz CT molecular complexity index is 922. The van der Waals surface area contributed by atoms with Gasteiger partial charge in [-0.25, -0.2) is 0 Å². The molecule has 0 spiro atoms. The topological polar surface area (TPSA) is 12.0 Å². The molecule has 4 aromatic rings. The van der Waals surface area contributed by atoms with Gasteiger partial charge >= 0.3 is 181 Å². The normalized spacial score (nSPS) is 12.8. The van der Waals surface area contributed by atoms with Gasteiger partial charge in [-0.1, -0.05) is 0 Å². The molecule has 0 aliphatic carbocycles. The minimum absolute atomic E-state index is 0.806. The third kappa shape index (κ3) is 3.41. The van der Waals surface area contributed by atoms with Crippen LogP contribution in [-0.4, -0.2) is 0 Å². The molecule has 0 aliphatic heterocycles. The van der Waals surface area contributed by atoms with Gasteiger partial charge in [-0.2, -0.15) is 0 Å². The molecule has 28 heavy (non-hydrogen) atoms. The first kappa shape index (κ1) is 19.3. The summed E-state index contributed by atoms with van der Waals surface area (Å²) < 4.78 is -2.90. The van der Waals surface area contributed by atoms with Crippen LogP contribution in [0.15, 0.2) is 121 Å². The van der Waals surface area contributed by atoms with Gasteiger partial charge in [0.2, 0.25) is 0 Å². The van der Waals surface area contributed by atoms with Gasteiger partial charge in [0.1, 0.15) is 0 Å². The summed E-state index contributed by atoms with van der Waals surface area (Å²) in [6, 6.07) is 43.4. The van der Waals surface area contributed by atoms with E-state index < -0.39 is 4.40 Å². The number of halogens is 1. The monoisotopic (exact) mass is 495 g/mol. The van der Waals surface area contributed by atoms with Crippen molar-refractivity contribution in [1.29, 1.82) is 0 Å². The van der Waals surface area contributed by atoms with Gasteiger partial charge in [0.15, 0.2) is 0 Å². The Kier molecular flexibility index (Phi) is 5.63. The van der Waals surface area contributed by atoms with Crippen molar-refractivity contribution in [3.63, 3.8) is 0 Å². The third-order valence-corrected chi connectivity index (χ3v) is 15.7. The van der Waals surface area contributed by atoms with E-state index in [0.29, 0.717) is 0 Å². The number of rotatable bonds is 6. The van der Waals surface area contributed by atoms with Crippen LogP contribution in [0.1, 0.15) is 5.56 Å². The van der Waals surface area contributed by atoms with E-state index in [-0.39, 0.29) is 0 Å². The molecule has 4 aromatic carbocycles. The first-order chi connectivity index (χ1) is 13.7. The molecule has 0 saturated heterocycles. The summed E-state index contributed by atoms with van der Waals surface area (Å²) >= 11 is 2.75. The molecule has 0 fully saturated rings. The van der Waals surface area contributed by atoms with Crippen LogP contribution in [0, 0.1) is 0 Å². The summed E-state index contributed by atoms with van der Waals surface area (Å²) in [4.78, 5) is 0. The molecule has 0 bridgehead atoms. The minimum atomic E-state index is -2.90. The van der Waals surface area contributed by atoms with Crippen LogP contribution in [0.3, 0.4) is 0 Å². The van der Waals surface area contributed by atoms with Crippen LogP contribution < -0.4 is 21.0 Å². The molecular weight excluding hydrogens is 472 g/mol. The fourth-order valence-corrected chi connectivity index (χ4v) is 11.2. The molecule has 0 aromatic heterocycles. The van der Waals surface area contributed by atoms with Crippen LogP contribution in [0.4, 0.5) is 0 Å². The molecule has 0 unspecified atom stereocenters. The maximum atomic E-state index is 4.09. The second kappa shape index (κ2) is 8.16. The van der Waals surface area contributed by atoms with Crippen molar-refractivity contribution in [3.8, 4) is 0 Å². The predicted octanol–water partition coefficient (Wildman–Crippen LogP) is 5.57. The van der Waals surface area contributed by atoms with E-state index >= 15 is 0 Å². The van der Waals surface area contributed by atoms with Crippen molar-refractivity contribution in [2.24, 2.45) is 0 Å². The summed E-state index contributed by atoms with van der Waals surface area (Å²) in [6.07, 6.45) is 0. The van der Waals surface area contributed by atoms with E-state index in [0.717, 1.165) is 6.54 Å². The van der Waals surface area contributed by atoms with Crippen molar-refractivity contribution in [2.45, 2.75) is 6.54 Å². The Morgan fingerprint density at radius 1 is 0.500 bits per heavy atom. The van der Waals surface area contributed by atoms with Crippen LogP contribution in [0.25, 0.3) is 0 Å². The molecule has 0 aliphatic rings. The van der Waals surface area contributed by atoms with Crippen LogP contribution in [-0.2, 0) is 6.54 Å². The van der Waals surface area contributed by atoms with Crippen LogP contribution in [0.2, 0.25) is 0 Å². The van der Waals surface area contributed by atoms with E-state index in [1.54, 1.807) is 0 Å². The van der Waals surface area contributed by atoms with Crippen molar-refractivity contribution < 1.29 is 0 Å². The van der Waals surface area contributed by atoms with Crippen LogP contribution in [0.5, 0.6) is 0 Å². The molecule has 1 nitrogen and oxygen atoms in total. The first-order valence-corrected chi connectivity index (χ1v) is 14.4. The first-order valence-electron chi connectivity index (χ1n) is 9.41. The van der Waals surface area contributed by atoms with E-state index in [2.05, 4.69) is 148 Å². The average Bonchev–Trinajstić information content (AvgIpc) is 2.80. The van der Waals surface area contributed by atoms with E-state index in [9.17, 15) is 0 Å². The Morgan fingerprint density at radius 2 is 0.821 bits per heavy atom. The Labute approximate surface area is 180 Å². The fraction of sp³-hybridized carbons (Fsp3) is 0.0400. The summed E-state index contributed by atoms with van der Waals surface area (Å²) in [5.41, 5.74) is 1.29. The summed E-state index contributed by atoms with van der Waals surface area (Å²) in [7, 11) is 0. The molecule has 0 amide bonds. The summed E-state index contributed by atoms with van der Waals surface area (Å²) in [5.74, 6) is 0. The molecule has 1 N–H and O–H groups in total. The zero-order chi connectivity index (χ0) is 19.3. The van der Waals surface area contributed by atoms with Gasteiger partial charge in [-0.15, -0.1) is 0 Å². The third-order valence-electron chi connectivity index (χ3n) is 5.15. The Balaban J connectivity index is 1.98. The van der Waals surface area contributed by atoms with E-state index in [1.807, 2.05) is 0 Å². The molecule has 0 radical (unpaired) electrons. The van der Waals surface area contributed by atoms with E-state index in [4.69, 9.17) is 0 Å². The second-order valence-corrected chi connectivity index (χ2v) is 16.5. The SMILES string of the molecule is IP(NCc1ccccc1)(c1ccccc1)(c1ccccc1)c1ccccc1. The number of hydrogen-bond donors (Lipinski definition) is 1. The molecule has 4 rings (SSSR count). The van der Waals surface area contributed by atoms with Gasteiger partial charge in [-0.3, -0.25) is 0 Å². The number of benzene rings is 4. The second-order valence-electron chi connectivity index (χ2n) is 6.84. The van der Waals surface area contributed by atoms with E-state index in [1.165, 1.54) is 21.5 Å². The summed E-state index contributed by atoms with van der Waals surface area (Å²) in [6.45, 7) is 0.806. The fourth-order valence-electron chi connectivity index (χ4n) is 3.68. The molecular formula is C25H23INP. The van der Waals surface area contributed by atoms with Crippen LogP contribution >= 0.6 is 26.4 Å². The van der Waals surface area contributed by atoms with Crippen molar-refractivity contribution in [3.05, 3.63) is 127 Å². The van der Waals surface area contributed by atoms with Gasteiger partial charge in [-0.05, 0) is 0 Å². The van der Waals surface area contributed by atoms with Gasteiger partial charge < -0.3 is 0 Å². The average molecular weight is 495 g/mol. The molecule has 0 saturated carbocycles. The van der Waals surface area contributed by atoms with Crippen molar-refractivity contribution >= 4 is 42.4 Å². The Morgan fingerprint density at radius 3 is 1.18 bits per heavy atom. The van der Waals surface area contributed by atoms with Gasteiger partial charge in [0.05, 0.1) is 0 Å². The maximum absolute atomic E-state index is 4.09. The van der Waals surface area contributed by atoms with Crippen molar-refractivity contribution in [1.82, 2.24) is 5.09 Å². The molecule has 0 heterocycles. The zero-order valence-corrected chi connectivity index (χ0v) is 18.6. The summed E-state index contributed by atoms with van der Waals surface area (Å²) in [5, 5.41) is 8.10. The molecule has 0 atom stereocenters. The Hall–Kier alpha value is -2.00. The predicted molar refractivity (Wildman–Crippen MR) is 132 cm³/mol. The van der Waals surface area contributed by atoms with Gasteiger partial charge in [0, 0.05) is 0 Å². The van der Waals surface area contributed by atoms with Gasteiger partial charge in [0.25, 0.3) is 0 Å². The molecule has 140 valence electrons.